The lowest BCUT2D eigenvalue weighted by atomic mass is 10.1. The highest BCUT2D eigenvalue weighted by Gasteiger charge is 2.14. The summed E-state index contributed by atoms with van der Waals surface area (Å²) in [7, 11) is -3.50. The fourth-order valence-corrected chi connectivity index (χ4v) is 3.49. The Morgan fingerprint density at radius 1 is 1.29 bits per heavy atom. The summed E-state index contributed by atoms with van der Waals surface area (Å²) in [6.07, 6.45) is 0. The predicted octanol–water partition coefficient (Wildman–Crippen LogP) is 2.29. The van der Waals surface area contributed by atoms with Crippen LogP contribution < -0.4 is 10.0 Å². The molecule has 2 rings (SSSR count). The van der Waals surface area contributed by atoms with Gasteiger partial charge in [-0.2, -0.15) is 0 Å². The number of hydrogen-bond donors (Lipinski definition) is 2. The number of nitrogens with one attached hydrogen (secondary N) is 2. The Morgan fingerprint density at radius 3 is 2.57 bits per heavy atom. The van der Waals surface area contributed by atoms with E-state index in [1.165, 1.54) is 11.3 Å². The van der Waals surface area contributed by atoms with E-state index in [4.69, 9.17) is 0 Å². The number of hydrogen-bond acceptors (Lipinski definition) is 5. The van der Waals surface area contributed by atoms with Gasteiger partial charge in [0.05, 0.1) is 22.6 Å². The van der Waals surface area contributed by atoms with Gasteiger partial charge in [0.2, 0.25) is 10.0 Å². The molecule has 1 unspecified atom stereocenters. The van der Waals surface area contributed by atoms with Crippen molar-refractivity contribution in [1.29, 1.82) is 0 Å². The minimum atomic E-state index is -3.50. The topological polar surface area (TPSA) is 71.1 Å². The maximum absolute atomic E-state index is 12.2. The third-order valence-corrected chi connectivity index (χ3v) is 5.18. The fraction of sp³-hybridized carbons (Fsp3) is 0.357. The first-order valence-corrected chi connectivity index (χ1v) is 9.15. The van der Waals surface area contributed by atoms with Crippen LogP contribution in [0.25, 0.3) is 0 Å². The van der Waals surface area contributed by atoms with Crippen LogP contribution in [0.1, 0.15) is 31.1 Å². The van der Waals surface area contributed by atoms with E-state index < -0.39 is 10.0 Å². The van der Waals surface area contributed by atoms with E-state index in [-0.39, 0.29) is 17.5 Å². The molecular formula is C14H19N3O2S2. The van der Waals surface area contributed by atoms with Gasteiger partial charge in [0.15, 0.2) is 0 Å². The number of nitrogens with zero attached hydrogens (tertiary/aromatic N) is 1. The molecule has 0 saturated heterocycles. The average molecular weight is 325 g/mol. The Kier molecular flexibility index (Phi) is 5.46. The maximum atomic E-state index is 12.2. The van der Waals surface area contributed by atoms with E-state index in [0.29, 0.717) is 0 Å². The Labute approximate surface area is 129 Å². The van der Waals surface area contributed by atoms with Crippen molar-refractivity contribution in [2.24, 2.45) is 0 Å². The van der Waals surface area contributed by atoms with Crippen molar-refractivity contribution in [2.75, 3.05) is 6.54 Å². The van der Waals surface area contributed by atoms with Gasteiger partial charge in [-0.05, 0) is 31.2 Å². The molecule has 2 N–H and O–H groups in total. The molecule has 0 bridgehead atoms. The van der Waals surface area contributed by atoms with Gasteiger partial charge in [0.1, 0.15) is 0 Å². The van der Waals surface area contributed by atoms with Crippen LogP contribution in [0, 0.1) is 0 Å². The Morgan fingerprint density at radius 2 is 2.00 bits per heavy atom. The van der Waals surface area contributed by atoms with E-state index >= 15 is 0 Å². The predicted molar refractivity (Wildman–Crippen MR) is 84.7 cm³/mol. The lowest BCUT2D eigenvalue weighted by Gasteiger charge is -2.13. The van der Waals surface area contributed by atoms with Crippen molar-refractivity contribution in [3.8, 4) is 0 Å². The van der Waals surface area contributed by atoms with Crippen molar-refractivity contribution in [2.45, 2.75) is 31.3 Å². The zero-order chi connectivity index (χ0) is 15.3. The molecule has 1 heterocycles. The van der Waals surface area contributed by atoms with Gasteiger partial charge in [0.25, 0.3) is 0 Å². The second-order valence-electron chi connectivity index (χ2n) is 4.65. The highest BCUT2D eigenvalue weighted by atomic mass is 32.2. The van der Waals surface area contributed by atoms with Gasteiger partial charge in [-0.15, -0.1) is 11.3 Å². The minimum absolute atomic E-state index is 0.203. The third kappa shape index (κ3) is 4.34. The number of aromatic nitrogens is 1. The van der Waals surface area contributed by atoms with Crippen LogP contribution >= 0.6 is 11.3 Å². The zero-order valence-electron chi connectivity index (χ0n) is 12.0. The summed E-state index contributed by atoms with van der Waals surface area (Å²) in [6, 6.07) is 7.14. The molecule has 114 valence electrons. The van der Waals surface area contributed by atoms with E-state index in [1.54, 1.807) is 17.6 Å². The minimum Gasteiger partial charge on any atom is -0.310 e. The second-order valence-corrected chi connectivity index (χ2v) is 7.14. The number of thiazole rings is 1. The molecule has 1 atom stereocenters. The van der Waals surface area contributed by atoms with Gasteiger partial charge >= 0.3 is 0 Å². The van der Waals surface area contributed by atoms with Crippen LogP contribution in [0.5, 0.6) is 0 Å². The first-order chi connectivity index (χ1) is 10.0. The number of sulfonamides is 1. The molecule has 7 heteroatoms. The summed E-state index contributed by atoms with van der Waals surface area (Å²) in [6.45, 7) is 5.17. The summed E-state index contributed by atoms with van der Waals surface area (Å²) in [5, 5.41) is 5.11. The van der Waals surface area contributed by atoms with Gasteiger partial charge in [0, 0.05) is 11.4 Å². The molecule has 1 aromatic heterocycles. The van der Waals surface area contributed by atoms with Crippen LogP contribution in [0.4, 0.5) is 0 Å². The quantitative estimate of drug-likeness (QED) is 0.819. The van der Waals surface area contributed by atoms with Crippen molar-refractivity contribution >= 4 is 21.4 Å². The van der Waals surface area contributed by atoms with Gasteiger partial charge in [-0.3, -0.25) is 0 Å². The molecule has 0 fully saturated rings. The van der Waals surface area contributed by atoms with Crippen LogP contribution in [0.15, 0.2) is 40.1 Å². The molecule has 5 nitrogen and oxygen atoms in total. The number of benzene rings is 1. The molecule has 2 aromatic rings. The third-order valence-electron chi connectivity index (χ3n) is 3.13. The Hall–Kier alpha value is -1.28. The first-order valence-electron chi connectivity index (χ1n) is 6.73. The monoisotopic (exact) mass is 325 g/mol. The number of rotatable bonds is 7. The summed E-state index contributed by atoms with van der Waals surface area (Å²) in [5.74, 6) is 0. The molecule has 0 radical (unpaired) electrons. The summed E-state index contributed by atoms with van der Waals surface area (Å²) >= 11 is 1.44. The normalized spacial score (nSPS) is 13.2. The molecule has 0 aliphatic rings. The molecule has 0 amide bonds. The summed E-state index contributed by atoms with van der Waals surface area (Å²) in [5.41, 5.74) is 3.47. The lowest BCUT2D eigenvalue weighted by molar-refractivity contribution is 0.579. The van der Waals surface area contributed by atoms with Crippen molar-refractivity contribution in [3.05, 3.63) is 46.4 Å². The molecule has 1 aromatic carbocycles. The zero-order valence-corrected chi connectivity index (χ0v) is 13.7. The highest BCUT2D eigenvalue weighted by molar-refractivity contribution is 7.89. The van der Waals surface area contributed by atoms with E-state index in [2.05, 4.69) is 15.0 Å². The standard InChI is InChI=1S/C14H19N3O2S2/c1-3-15-11(2)12-4-6-14(7-5-12)21(18,19)17-8-13-9-20-10-16-13/h4-7,9-11,15,17H,3,8H2,1-2H3. The van der Waals surface area contributed by atoms with Gasteiger partial charge in [-0.25, -0.2) is 18.1 Å². The SMILES string of the molecule is CCNC(C)c1ccc(S(=O)(=O)NCc2cscn2)cc1. The van der Waals surface area contributed by atoms with Crippen molar-refractivity contribution < 1.29 is 8.42 Å². The second kappa shape index (κ2) is 7.13. The summed E-state index contributed by atoms with van der Waals surface area (Å²) < 4.78 is 26.9. The lowest BCUT2D eigenvalue weighted by Crippen LogP contribution is -2.23. The van der Waals surface area contributed by atoms with Crippen LogP contribution in [-0.4, -0.2) is 19.9 Å². The molecule has 0 saturated carbocycles. The fourth-order valence-electron chi connectivity index (χ4n) is 1.94. The van der Waals surface area contributed by atoms with E-state index in [0.717, 1.165) is 17.8 Å². The van der Waals surface area contributed by atoms with Crippen LogP contribution in [0.2, 0.25) is 0 Å². The molecule has 0 aliphatic heterocycles. The van der Waals surface area contributed by atoms with E-state index in [9.17, 15) is 8.42 Å². The Balaban J connectivity index is 2.06. The van der Waals surface area contributed by atoms with Crippen molar-refractivity contribution in [3.63, 3.8) is 0 Å². The maximum Gasteiger partial charge on any atom is 0.240 e. The molecule has 21 heavy (non-hydrogen) atoms. The average Bonchev–Trinajstić information content (AvgIpc) is 2.99. The highest BCUT2D eigenvalue weighted by Crippen LogP contribution is 2.16. The van der Waals surface area contributed by atoms with Gasteiger partial charge in [-0.1, -0.05) is 19.1 Å². The molecule has 0 spiro atoms. The first kappa shape index (κ1) is 16.1. The molecular weight excluding hydrogens is 306 g/mol. The largest absolute Gasteiger partial charge is 0.310 e. The van der Waals surface area contributed by atoms with Gasteiger partial charge < -0.3 is 5.32 Å². The smallest absolute Gasteiger partial charge is 0.240 e. The molecule has 0 aliphatic carbocycles. The van der Waals surface area contributed by atoms with Crippen LogP contribution in [-0.2, 0) is 16.6 Å². The van der Waals surface area contributed by atoms with Crippen LogP contribution in [0.3, 0.4) is 0 Å². The van der Waals surface area contributed by atoms with Crippen molar-refractivity contribution in [1.82, 2.24) is 15.0 Å². The summed E-state index contributed by atoms with van der Waals surface area (Å²) in [4.78, 5) is 4.32. The Bertz CT molecular complexity index is 652. The van der Waals surface area contributed by atoms with E-state index in [1.807, 2.05) is 31.4 Å².